The van der Waals surface area contributed by atoms with Crippen molar-refractivity contribution in [3.63, 3.8) is 0 Å². The Bertz CT molecular complexity index is 1240. The molecule has 2 unspecified atom stereocenters. The summed E-state index contributed by atoms with van der Waals surface area (Å²) < 4.78 is 7.64. The van der Waals surface area contributed by atoms with Crippen LogP contribution in [0.1, 0.15) is 35.3 Å². The molecule has 9 heteroatoms. The topological polar surface area (TPSA) is 96.9 Å². The molecule has 5 rings (SSSR count). The summed E-state index contributed by atoms with van der Waals surface area (Å²) in [4.78, 5) is 18.1. The van der Waals surface area contributed by atoms with Crippen LogP contribution in [-0.4, -0.2) is 51.5 Å². The van der Waals surface area contributed by atoms with E-state index in [9.17, 15) is 4.79 Å². The molecule has 1 aliphatic heterocycles. The number of benzene rings is 2. The Labute approximate surface area is 210 Å². The number of rotatable bonds is 7. The first-order valence-corrected chi connectivity index (χ1v) is 11.6. The van der Waals surface area contributed by atoms with Crippen molar-refractivity contribution in [3.8, 4) is 16.8 Å². The number of carbonyl (C=O) groups is 1. The lowest BCUT2D eigenvalue weighted by Crippen LogP contribution is -2.45. The fraction of sp³-hybridized carbons (Fsp3) is 0.269. The predicted molar refractivity (Wildman–Crippen MR) is 138 cm³/mol. The second kappa shape index (κ2) is 11.3. The van der Waals surface area contributed by atoms with E-state index in [1.54, 1.807) is 18.5 Å². The van der Waals surface area contributed by atoms with Crippen LogP contribution in [0.25, 0.3) is 16.8 Å². The molecule has 2 aromatic carbocycles. The van der Waals surface area contributed by atoms with Crippen molar-refractivity contribution < 1.29 is 9.53 Å². The molecule has 2 aromatic heterocycles. The van der Waals surface area contributed by atoms with Crippen LogP contribution in [0.2, 0.25) is 0 Å². The number of anilines is 1. The van der Waals surface area contributed by atoms with Gasteiger partial charge in [-0.1, -0.05) is 37.3 Å². The third-order valence-electron chi connectivity index (χ3n) is 6.20. The summed E-state index contributed by atoms with van der Waals surface area (Å²) in [5.41, 5.74) is 4.26. The van der Waals surface area contributed by atoms with E-state index in [1.165, 1.54) is 0 Å². The van der Waals surface area contributed by atoms with Crippen molar-refractivity contribution >= 4 is 24.3 Å². The van der Waals surface area contributed by atoms with Crippen molar-refractivity contribution in [1.82, 2.24) is 25.1 Å². The molecule has 8 nitrogen and oxygen atoms in total. The minimum Gasteiger partial charge on any atom is -0.378 e. The fourth-order valence-corrected chi connectivity index (χ4v) is 4.42. The quantitative estimate of drug-likeness (QED) is 0.355. The maximum atomic E-state index is 13.2. The normalized spacial score (nSPS) is 16.3. The summed E-state index contributed by atoms with van der Waals surface area (Å²) in [7, 11) is 0. The summed E-state index contributed by atoms with van der Waals surface area (Å²) in [6, 6.07) is 17.6. The predicted octanol–water partition coefficient (Wildman–Crippen LogP) is 4.42. The lowest BCUT2D eigenvalue weighted by molar-refractivity contribution is 0.0669. The van der Waals surface area contributed by atoms with Crippen LogP contribution in [0, 0.1) is 0 Å². The Balaban J connectivity index is 0.00000289. The highest BCUT2D eigenvalue weighted by Gasteiger charge is 2.27. The van der Waals surface area contributed by atoms with Gasteiger partial charge in [-0.15, -0.1) is 12.4 Å². The molecule has 1 fully saturated rings. The minimum atomic E-state index is -0.216. The molecule has 0 bridgehead atoms. The average molecular weight is 493 g/mol. The molecule has 1 aliphatic rings. The van der Waals surface area contributed by atoms with Crippen LogP contribution in [0.5, 0.6) is 0 Å². The molecule has 4 aromatic rings. The molecule has 1 amide bonds. The second-order valence-corrected chi connectivity index (χ2v) is 8.37. The molecular formula is C26H29ClN6O2. The molecule has 182 valence electrons. The lowest BCUT2D eigenvalue weighted by atomic mass is 9.94. The molecule has 3 N–H and O–H groups in total. The largest absolute Gasteiger partial charge is 0.378 e. The number of para-hydroxylation sites is 1. The summed E-state index contributed by atoms with van der Waals surface area (Å²) in [5.74, 6) is 0.451. The van der Waals surface area contributed by atoms with Gasteiger partial charge in [-0.2, -0.15) is 5.10 Å². The number of halogens is 1. The number of aromatic nitrogens is 4. The first kappa shape index (κ1) is 24.7. The highest BCUT2D eigenvalue weighted by atomic mass is 35.5. The number of carbonyl (C=O) groups excluding carboxylic acids is 1. The summed E-state index contributed by atoms with van der Waals surface area (Å²) in [6.45, 7) is 4.36. The highest BCUT2D eigenvalue weighted by molar-refractivity contribution is 6.04. The van der Waals surface area contributed by atoms with Crippen LogP contribution < -0.4 is 10.6 Å². The van der Waals surface area contributed by atoms with Gasteiger partial charge in [0.1, 0.15) is 0 Å². The molecule has 1 saturated heterocycles. The zero-order valence-corrected chi connectivity index (χ0v) is 20.3. The van der Waals surface area contributed by atoms with Crippen LogP contribution >= 0.6 is 12.4 Å². The lowest BCUT2D eigenvalue weighted by Gasteiger charge is -2.29. The number of morpholine rings is 1. The monoisotopic (exact) mass is 492 g/mol. The van der Waals surface area contributed by atoms with Gasteiger partial charge in [-0.05, 0) is 36.2 Å². The third kappa shape index (κ3) is 5.45. The number of imidazole rings is 1. The zero-order chi connectivity index (χ0) is 23.3. The van der Waals surface area contributed by atoms with Crippen LogP contribution in [0.15, 0.2) is 73.2 Å². The van der Waals surface area contributed by atoms with Crippen LogP contribution in [-0.2, 0) is 4.74 Å². The average Bonchev–Trinajstić information content (AvgIpc) is 3.57. The SMILES string of the molecule is CCC(c1cn(-c2ccccc2)c(NC(=O)c2cccc(-c3cn[nH]c3)c2)n1)C1COCCN1.Cl. The van der Waals surface area contributed by atoms with E-state index >= 15 is 0 Å². The molecule has 3 heterocycles. The highest BCUT2D eigenvalue weighted by Crippen LogP contribution is 2.28. The number of H-pyrrole nitrogens is 1. The van der Waals surface area contributed by atoms with Gasteiger partial charge in [0.05, 0.1) is 25.1 Å². The summed E-state index contributed by atoms with van der Waals surface area (Å²) in [5, 5.41) is 13.4. The molecule has 35 heavy (non-hydrogen) atoms. The Kier molecular flexibility index (Phi) is 7.97. The molecule has 0 aliphatic carbocycles. The number of nitrogens with zero attached hydrogens (tertiary/aromatic N) is 3. The van der Waals surface area contributed by atoms with Crippen LogP contribution in [0.4, 0.5) is 5.95 Å². The summed E-state index contributed by atoms with van der Waals surface area (Å²) in [6.07, 6.45) is 6.48. The Hall–Kier alpha value is -3.46. The maximum absolute atomic E-state index is 13.2. The Morgan fingerprint density at radius 1 is 1.20 bits per heavy atom. The number of amides is 1. The van der Waals surface area contributed by atoms with E-state index in [-0.39, 0.29) is 30.3 Å². The zero-order valence-electron chi connectivity index (χ0n) is 19.5. The van der Waals surface area contributed by atoms with Gasteiger partial charge in [-0.3, -0.25) is 19.8 Å². The van der Waals surface area contributed by atoms with E-state index in [2.05, 4.69) is 27.8 Å². The smallest absolute Gasteiger partial charge is 0.258 e. The molecule has 0 spiro atoms. The fourth-order valence-electron chi connectivity index (χ4n) is 4.42. The minimum absolute atomic E-state index is 0. The van der Waals surface area contributed by atoms with E-state index in [0.29, 0.717) is 18.1 Å². The number of hydrogen-bond donors (Lipinski definition) is 3. The van der Waals surface area contributed by atoms with Gasteiger partial charge in [0.15, 0.2) is 0 Å². The number of aromatic amines is 1. The molecular weight excluding hydrogens is 464 g/mol. The van der Waals surface area contributed by atoms with Gasteiger partial charge in [0, 0.05) is 47.7 Å². The van der Waals surface area contributed by atoms with E-state index < -0.39 is 0 Å². The maximum Gasteiger partial charge on any atom is 0.258 e. The van der Waals surface area contributed by atoms with E-state index in [0.717, 1.165) is 42.1 Å². The van der Waals surface area contributed by atoms with Crippen molar-refractivity contribution in [2.75, 3.05) is 25.1 Å². The van der Waals surface area contributed by atoms with Crippen molar-refractivity contribution in [2.24, 2.45) is 0 Å². The van der Waals surface area contributed by atoms with Crippen molar-refractivity contribution in [3.05, 3.63) is 84.4 Å². The second-order valence-electron chi connectivity index (χ2n) is 8.37. The number of nitrogens with one attached hydrogen (secondary N) is 3. The number of ether oxygens (including phenoxy) is 1. The first-order valence-electron chi connectivity index (χ1n) is 11.6. The Morgan fingerprint density at radius 3 is 2.77 bits per heavy atom. The molecule has 0 saturated carbocycles. The number of hydrogen-bond acceptors (Lipinski definition) is 5. The van der Waals surface area contributed by atoms with Gasteiger partial charge < -0.3 is 10.1 Å². The van der Waals surface area contributed by atoms with Gasteiger partial charge in [0.25, 0.3) is 5.91 Å². The Morgan fingerprint density at radius 2 is 2.06 bits per heavy atom. The van der Waals surface area contributed by atoms with Gasteiger partial charge in [0.2, 0.25) is 5.95 Å². The third-order valence-corrected chi connectivity index (χ3v) is 6.20. The first-order chi connectivity index (χ1) is 16.7. The van der Waals surface area contributed by atoms with Crippen molar-refractivity contribution in [2.45, 2.75) is 25.3 Å². The van der Waals surface area contributed by atoms with E-state index in [1.807, 2.05) is 59.3 Å². The van der Waals surface area contributed by atoms with E-state index in [4.69, 9.17) is 9.72 Å². The standard InChI is InChI=1S/C26H28N6O2.ClH/c1-2-22(24-17-34-12-11-27-24)23-16-32(21-9-4-3-5-10-21)26(30-23)31-25(33)19-8-6-7-18(13-19)20-14-28-29-15-20;/h3-10,13-16,22,24,27H,2,11-12,17H2,1H3,(H,28,29)(H,30,31,33);1H. The molecule has 2 atom stereocenters. The van der Waals surface area contributed by atoms with Gasteiger partial charge >= 0.3 is 0 Å². The summed E-state index contributed by atoms with van der Waals surface area (Å²) >= 11 is 0. The van der Waals surface area contributed by atoms with Gasteiger partial charge in [-0.25, -0.2) is 4.98 Å². The molecule has 0 radical (unpaired) electrons. The van der Waals surface area contributed by atoms with Crippen molar-refractivity contribution in [1.29, 1.82) is 0 Å². The van der Waals surface area contributed by atoms with Crippen LogP contribution in [0.3, 0.4) is 0 Å².